The first-order valence-electron chi connectivity index (χ1n) is 8.48. The highest BCUT2D eigenvalue weighted by atomic mass is 16.2. The van der Waals surface area contributed by atoms with Crippen LogP contribution in [0.4, 0.5) is 5.69 Å². The van der Waals surface area contributed by atoms with E-state index in [-0.39, 0.29) is 17.7 Å². The molecule has 2 N–H and O–H groups in total. The van der Waals surface area contributed by atoms with Crippen LogP contribution in [0.25, 0.3) is 0 Å². The second-order valence-corrected chi connectivity index (χ2v) is 6.12. The highest BCUT2D eigenvalue weighted by molar-refractivity contribution is 5.97. The quantitative estimate of drug-likeness (QED) is 0.877. The largest absolute Gasteiger partial charge is 0.339 e. The molecule has 0 unspecified atom stereocenters. The van der Waals surface area contributed by atoms with E-state index in [1.165, 1.54) is 0 Å². The lowest BCUT2D eigenvalue weighted by molar-refractivity contribution is -0.120. The van der Waals surface area contributed by atoms with Gasteiger partial charge >= 0.3 is 0 Å². The van der Waals surface area contributed by atoms with Crippen molar-refractivity contribution in [2.45, 2.75) is 39.7 Å². The summed E-state index contributed by atoms with van der Waals surface area (Å²) in [4.78, 5) is 26.6. The first kappa shape index (κ1) is 17.5. The van der Waals surface area contributed by atoms with Crippen molar-refractivity contribution in [2.75, 3.05) is 25.0 Å². The number of hydrogen-bond acceptors (Lipinski definition) is 3. The Balaban J connectivity index is 2.05. The SMILES string of the molecule is CCN(CC)C(=O)c1cccc(NC(=O)[C@H]2CCN[C@@H](C)C2)c1. The molecule has 0 radical (unpaired) electrons. The van der Waals surface area contributed by atoms with Gasteiger partial charge in [0.05, 0.1) is 0 Å². The van der Waals surface area contributed by atoms with Crippen LogP contribution in [0.1, 0.15) is 44.0 Å². The topological polar surface area (TPSA) is 61.4 Å². The molecule has 23 heavy (non-hydrogen) atoms. The molecule has 1 fully saturated rings. The summed E-state index contributed by atoms with van der Waals surface area (Å²) >= 11 is 0. The molecule has 1 aromatic rings. The Bertz CT molecular complexity index is 555. The lowest BCUT2D eigenvalue weighted by Crippen LogP contribution is -2.40. The van der Waals surface area contributed by atoms with Crippen LogP contribution < -0.4 is 10.6 Å². The first-order valence-corrected chi connectivity index (χ1v) is 8.48. The molecule has 126 valence electrons. The van der Waals surface area contributed by atoms with Gasteiger partial charge in [0.1, 0.15) is 0 Å². The molecule has 5 nitrogen and oxygen atoms in total. The van der Waals surface area contributed by atoms with Gasteiger partial charge in [0.2, 0.25) is 5.91 Å². The summed E-state index contributed by atoms with van der Waals surface area (Å²) in [7, 11) is 0. The molecule has 2 amide bonds. The van der Waals surface area contributed by atoms with Crippen molar-refractivity contribution in [3.8, 4) is 0 Å². The molecule has 2 rings (SSSR count). The van der Waals surface area contributed by atoms with Crippen LogP contribution in [0.15, 0.2) is 24.3 Å². The predicted molar refractivity (Wildman–Crippen MR) is 92.5 cm³/mol. The van der Waals surface area contributed by atoms with Gasteiger partial charge in [-0.25, -0.2) is 0 Å². The van der Waals surface area contributed by atoms with Gasteiger partial charge in [-0.3, -0.25) is 9.59 Å². The second-order valence-electron chi connectivity index (χ2n) is 6.12. The van der Waals surface area contributed by atoms with Crippen LogP contribution in [-0.4, -0.2) is 42.4 Å². The molecule has 0 aromatic heterocycles. The van der Waals surface area contributed by atoms with E-state index in [2.05, 4.69) is 17.6 Å². The Morgan fingerprint density at radius 3 is 2.70 bits per heavy atom. The zero-order chi connectivity index (χ0) is 16.8. The number of rotatable bonds is 5. The Morgan fingerprint density at radius 2 is 2.04 bits per heavy atom. The van der Waals surface area contributed by atoms with Crippen LogP contribution in [0.3, 0.4) is 0 Å². The van der Waals surface area contributed by atoms with Gasteiger partial charge < -0.3 is 15.5 Å². The van der Waals surface area contributed by atoms with Gasteiger partial charge in [0.15, 0.2) is 0 Å². The normalized spacial score (nSPS) is 20.8. The van der Waals surface area contributed by atoms with Crippen molar-refractivity contribution < 1.29 is 9.59 Å². The third kappa shape index (κ3) is 4.55. The fourth-order valence-corrected chi connectivity index (χ4v) is 3.04. The Hall–Kier alpha value is -1.88. The van der Waals surface area contributed by atoms with Gasteiger partial charge in [-0.2, -0.15) is 0 Å². The molecule has 1 aliphatic heterocycles. The van der Waals surface area contributed by atoms with E-state index in [4.69, 9.17) is 0 Å². The molecular formula is C18H27N3O2. The monoisotopic (exact) mass is 317 g/mol. The van der Waals surface area contributed by atoms with Crippen molar-refractivity contribution in [1.82, 2.24) is 10.2 Å². The van der Waals surface area contributed by atoms with E-state index < -0.39 is 0 Å². The summed E-state index contributed by atoms with van der Waals surface area (Å²) in [5.41, 5.74) is 1.31. The van der Waals surface area contributed by atoms with E-state index in [0.717, 1.165) is 19.4 Å². The standard InChI is InChI=1S/C18H27N3O2/c1-4-21(5-2)18(23)15-7-6-8-16(12-15)20-17(22)14-9-10-19-13(3)11-14/h6-8,12-14,19H,4-5,9-11H2,1-3H3,(H,20,22)/t13-,14-/m0/s1. The fraction of sp³-hybridized carbons (Fsp3) is 0.556. The third-order valence-corrected chi connectivity index (χ3v) is 4.42. The molecule has 1 aromatic carbocycles. The summed E-state index contributed by atoms with van der Waals surface area (Å²) < 4.78 is 0. The van der Waals surface area contributed by atoms with E-state index in [1.807, 2.05) is 26.0 Å². The molecule has 1 aliphatic rings. The van der Waals surface area contributed by atoms with E-state index >= 15 is 0 Å². The highest BCUT2D eigenvalue weighted by Crippen LogP contribution is 2.19. The number of carbonyl (C=O) groups is 2. The lowest BCUT2D eigenvalue weighted by Gasteiger charge is -2.27. The minimum absolute atomic E-state index is 0.00147. The lowest BCUT2D eigenvalue weighted by atomic mass is 9.92. The van der Waals surface area contributed by atoms with Crippen LogP contribution in [0, 0.1) is 5.92 Å². The molecule has 5 heteroatoms. The zero-order valence-corrected chi connectivity index (χ0v) is 14.3. The molecule has 1 saturated heterocycles. The summed E-state index contributed by atoms with van der Waals surface area (Å²) in [6, 6.07) is 7.58. The van der Waals surface area contributed by atoms with Crippen LogP contribution in [0.2, 0.25) is 0 Å². The fourth-order valence-electron chi connectivity index (χ4n) is 3.04. The van der Waals surface area contributed by atoms with Crippen LogP contribution in [-0.2, 0) is 4.79 Å². The van der Waals surface area contributed by atoms with Gasteiger partial charge in [0.25, 0.3) is 5.91 Å². The number of anilines is 1. The summed E-state index contributed by atoms with van der Waals surface area (Å²) in [6.45, 7) is 8.26. The first-order chi connectivity index (χ1) is 11.0. The molecule has 1 heterocycles. The second kappa shape index (κ2) is 8.11. The highest BCUT2D eigenvalue weighted by Gasteiger charge is 2.24. The molecule has 0 aliphatic carbocycles. The maximum absolute atomic E-state index is 12.4. The molecule has 0 bridgehead atoms. The molecular weight excluding hydrogens is 290 g/mol. The van der Waals surface area contributed by atoms with E-state index in [9.17, 15) is 9.59 Å². The maximum atomic E-state index is 12.4. The number of piperidine rings is 1. The van der Waals surface area contributed by atoms with Crippen molar-refractivity contribution >= 4 is 17.5 Å². The number of nitrogens with one attached hydrogen (secondary N) is 2. The van der Waals surface area contributed by atoms with Gasteiger partial charge in [-0.1, -0.05) is 6.07 Å². The Labute approximate surface area is 138 Å². The number of carbonyl (C=O) groups excluding carboxylic acids is 2. The van der Waals surface area contributed by atoms with Crippen molar-refractivity contribution in [3.63, 3.8) is 0 Å². The maximum Gasteiger partial charge on any atom is 0.253 e. The minimum atomic E-state index is 0.00147. The summed E-state index contributed by atoms with van der Waals surface area (Å²) in [5.74, 6) is 0.0840. The Morgan fingerprint density at radius 1 is 1.30 bits per heavy atom. The van der Waals surface area contributed by atoms with Gasteiger partial charge in [-0.15, -0.1) is 0 Å². The average Bonchev–Trinajstić information content (AvgIpc) is 2.56. The number of benzene rings is 1. The zero-order valence-electron chi connectivity index (χ0n) is 14.3. The van der Waals surface area contributed by atoms with Crippen LogP contribution >= 0.6 is 0 Å². The molecule has 0 spiro atoms. The number of hydrogen-bond donors (Lipinski definition) is 2. The van der Waals surface area contributed by atoms with Crippen LogP contribution in [0.5, 0.6) is 0 Å². The Kier molecular flexibility index (Phi) is 6.16. The van der Waals surface area contributed by atoms with Crippen molar-refractivity contribution in [2.24, 2.45) is 5.92 Å². The van der Waals surface area contributed by atoms with Crippen molar-refractivity contribution in [1.29, 1.82) is 0 Å². The summed E-state index contributed by atoms with van der Waals surface area (Å²) in [5, 5.41) is 6.31. The summed E-state index contributed by atoms with van der Waals surface area (Å²) in [6.07, 6.45) is 1.71. The molecule has 2 atom stereocenters. The number of amides is 2. The predicted octanol–water partition coefficient (Wildman–Crippen LogP) is 2.50. The molecule has 0 saturated carbocycles. The minimum Gasteiger partial charge on any atom is -0.339 e. The average molecular weight is 317 g/mol. The van der Waals surface area contributed by atoms with Gasteiger partial charge in [-0.05, 0) is 58.4 Å². The van der Waals surface area contributed by atoms with E-state index in [1.54, 1.807) is 17.0 Å². The van der Waals surface area contributed by atoms with Crippen molar-refractivity contribution in [3.05, 3.63) is 29.8 Å². The van der Waals surface area contributed by atoms with Gasteiger partial charge in [0, 0.05) is 36.3 Å². The smallest absolute Gasteiger partial charge is 0.253 e. The third-order valence-electron chi connectivity index (χ3n) is 4.42. The van der Waals surface area contributed by atoms with E-state index in [0.29, 0.717) is 30.4 Å². The number of nitrogens with zero attached hydrogens (tertiary/aromatic N) is 1.